The van der Waals surface area contributed by atoms with Crippen LogP contribution in [0.3, 0.4) is 0 Å². The Morgan fingerprint density at radius 1 is 0.968 bits per heavy atom. The summed E-state index contributed by atoms with van der Waals surface area (Å²) in [5.74, 6) is -0.756. The van der Waals surface area contributed by atoms with E-state index in [1.165, 1.54) is 29.2 Å². The standard InChI is InChI=1S/C23H23N3O5/c1-15-12-24(13-16(2)31-15)21-20(18-8-10-19(11-9-18)26(29)30)22(27)25(23(21)28)14-17-6-4-3-5-7-17/h3-11,15-16H,12-14H2,1-2H3. The summed E-state index contributed by atoms with van der Waals surface area (Å²) in [6.45, 7) is 4.98. The van der Waals surface area contributed by atoms with Crippen molar-refractivity contribution in [3.05, 3.63) is 81.5 Å². The molecule has 2 aliphatic rings. The molecule has 2 unspecified atom stereocenters. The van der Waals surface area contributed by atoms with Crippen LogP contribution < -0.4 is 0 Å². The highest BCUT2D eigenvalue weighted by Crippen LogP contribution is 2.34. The molecule has 0 N–H and O–H groups in total. The number of carbonyl (C=O) groups excluding carboxylic acids is 2. The second kappa shape index (κ2) is 8.31. The normalized spacial score (nSPS) is 21.7. The lowest BCUT2D eigenvalue weighted by Gasteiger charge is -2.37. The maximum absolute atomic E-state index is 13.4. The van der Waals surface area contributed by atoms with Crippen LogP contribution >= 0.6 is 0 Å². The van der Waals surface area contributed by atoms with Gasteiger partial charge in [0, 0.05) is 25.2 Å². The molecule has 0 spiro atoms. The Hall–Kier alpha value is -3.52. The minimum atomic E-state index is -0.492. The van der Waals surface area contributed by atoms with E-state index in [0.29, 0.717) is 24.4 Å². The van der Waals surface area contributed by atoms with E-state index in [1.807, 2.05) is 49.1 Å². The van der Waals surface area contributed by atoms with Gasteiger partial charge in [-0.05, 0) is 37.1 Å². The number of rotatable bonds is 5. The number of nitro benzene ring substituents is 1. The number of hydrogen-bond donors (Lipinski definition) is 0. The first-order chi connectivity index (χ1) is 14.8. The molecule has 0 radical (unpaired) electrons. The van der Waals surface area contributed by atoms with Gasteiger partial charge in [-0.2, -0.15) is 0 Å². The Morgan fingerprint density at radius 3 is 2.16 bits per heavy atom. The lowest BCUT2D eigenvalue weighted by Crippen LogP contribution is -2.46. The summed E-state index contributed by atoms with van der Waals surface area (Å²) in [5, 5.41) is 11.0. The summed E-state index contributed by atoms with van der Waals surface area (Å²) in [7, 11) is 0. The molecule has 31 heavy (non-hydrogen) atoms. The largest absolute Gasteiger partial charge is 0.372 e. The molecule has 0 saturated carbocycles. The number of hydrogen-bond acceptors (Lipinski definition) is 6. The van der Waals surface area contributed by atoms with Crippen molar-refractivity contribution >= 4 is 23.1 Å². The molecule has 160 valence electrons. The topological polar surface area (TPSA) is 93.0 Å². The van der Waals surface area contributed by atoms with Crippen LogP contribution in [-0.2, 0) is 20.9 Å². The van der Waals surface area contributed by atoms with E-state index in [-0.39, 0.29) is 35.9 Å². The van der Waals surface area contributed by atoms with Gasteiger partial charge in [0.15, 0.2) is 0 Å². The van der Waals surface area contributed by atoms with Gasteiger partial charge in [-0.1, -0.05) is 30.3 Å². The van der Waals surface area contributed by atoms with Crippen molar-refractivity contribution in [3.8, 4) is 0 Å². The fourth-order valence-corrected chi connectivity index (χ4v) is 4.14. The first kappa shape index (κ1) is 20.7. The van der Waals surface area contributed by atoms with Crippen molar-refractivity contribution < 1.29 is 19.2 Å². The summed E-state index contributed by atoms with van der Waals surface area (Å²) >= 11 is 0. The summed E-state index contributed by atoms with van der Waals surface area (Å²) in [6, 6.07) is 15.1. The minimum Gasteiger partial charge on any atom is -0.372 e. The summed E-state index contributed by atoms with van der Waals surface area (Å²) in [5.41, 5.74) is 1.87. The van der Waals surface area contributed by atoms with Crippen LogP contribution in [0.1, 0.15) is 25.0 Å². The molecule has 0 aliphatic carbocycles. The third-order valence-corrected chi connectivity index (χ3v) is 5.43. The summed E-state index contributed by atoms with van der Waals surface area (Å²) in [6.07, 6.45) is -0.194. The molecule has 1 fully saturated rings. The van der Waals surface area contributed by atoms with Crippen LogP contribution in [0, 0.1) is 10.1 Å². The monoisotopic (exact) mass is 421 g/mol. The smallest absolute Gasteiger partial charge is 0.278 e. The van der Waals surface area contributed by atoms with Gasteiger partial charge in [0.05, 0.1) is 29.2 Å². The van der Waals surface area contributed by atoms with Crippen LogP contribution in [0.5, 0.6) is 0 Å². The predicted molar refractivity (Wildman–Crippen MR) is 114 cm³/mol. The third-order valence-electron chi connectivity index (χ3n) is 5.43. The van der Waals surface area contributed by atoms with Crippen molar-refractivity contribution in [2.24, 2.45) is 0 Å². The van der Waals surface area contributed by atoms with Gasteiger partial charge in [0.1, 0.15) is 5.70 Å². The molecule has 2 heterocycles. The molecule has 4 rings (SSSR count). The van der Waals surface area contributed by atoms with E-state index < -0.39 is 10.8 Å². The Morgan fingerprint density at radius 2 is 1.58 bits per heavy atom. The molecule has 2 amide bonds. The number of benzene rings is 2. The van der Waals surface area contributed by atoms with Crippen molar-refractivity contribution in [3.63, 3.8) is 0 Å². The molecule has 2 atom stereocenters. The van der Waals surface area contributed by atoms with Crippen molar-refractivity contribution in [2.45, 2.75) is 32.6 Å². The Balaban J connectivity index is 1.76. The van der Waals surface area contributed by atoms with Gasteiger partial charge < -0.3 is 9.64 Å². The average molecular weight is 421 g/mol. The Kier molecular flexibility index (Phi) is 5.56. The highest BCUT2D eigenvalue weighted by atomic mass is 16.6. The second-order valence-corrected chi connectivity index (χ2v) is 7.87. The molecule has 2 aromatic carbocycles. The molecule has 0 bridgehead atoms. The van der Waals surface area contributed by atoms with Gasteiger partial charge in [0.25, 0.3) is 17.5 Å². The number of non-ortho nitro benzene ring substituents is 1. The molecular formula is C23H23N3O5. The highest BCUT2D eigenvalue weighted by molar-refractivity contribution is 6.35. The van der Waals surface area contributed by atoms with Gasteiger partial charge in [-0.15, -0.1) is 0 Å². The predicted octanol–water partition coefficient (Wildman–Crippen LogP) is 2.98. The molecule has 1 saturated heterocycles. The molecule has 2 aliphatic heterocycles. The van der Waals surface area contributed by atoms with Crippen LogP contribution in [0.4, 0.5) is 5.69 Å². The van der Waals surface area contributed by atoms with Crippen LogP contribution in [0.15, 0.2) is 60.3 Å². The number of ether oxygens (including phenoxy) is 1. The zero-order valence-electron chi connectivity index (χ0n) is 17.4. The average Bonchev–Trinajstić information content (AvgIpc) is 2.98. The SMILES string of the molecule is CC1CN(C2=C(c3ccc([N+](=O)[O-])cc3)C(=O)N(Cc3ccccc3)C2=O)CC(C)O1. The maximum atomic E-state index is 13.4. The molecule has 8 nitrogen and oxygen atoms in total. The van der Waals surface area contributed by atoms with E-state index in [9.17, 15) is 19.7 Å². The number of nitro groups is 1. The molecule has 2 aromatic rings. The fraction of sp³-hybridized carbons (Fsp3) is 0.304. The number of morpholine rings is 1. The maximum Gasteiger partial charge on any atom is 0.278 e. The van der Waals surface area contributed by atoms with Crippen LogP contribution in [0.25, 0.3) is 5.57 Å². The molecular weight excluding hydrogens is 398 g/mol. The first-order valence-corrected chi connectivity index (χ1v) is 10.1. The third kappa shape index (κ3) is 4.06. The van der Waals surface area contributed by atoms with E-state index in [2.05, 4.69) is 0 Å². The number of nitrogens with zero attached hydrogens (tertiary/aromatic N) is 3. The van der Waals surface area contributed by atoms with E-state index >= 15 is 0 Å². The number of imide groups is 1. The molecule has 8 heteroatoms. The van der Waals surface area contributed by atoms with Gasteiger partial charge >= 0.3 is 0 Å². The number of amides is 2. The zero-order chi connectivity index (χ0) is 22.1. The van der Waals surface area contributed by atoms with Gasteiger partial charge in [-0.3, -0.25) is 24.6 Å². The molecule has 0 aromatic heterocycles. The van der Waals surface area contributed by atoms with Gasteiger partial charge in [0.2, 0.25) is 0 Å². The zero-order valence-corrected chi connectivity index (χ0v) is 17.4. The fourth-order valence-electron chi connectivity index (χ4n) is 4.14. The Bertz CT molecular complexity index is 1040. The number of carbonyl (C=O) groups is 2. The lowest BCUT2D eigenvalue weighted by atomic mass is 10.0. The summed E-state index contributed by atoms with van der Waals surface area (Å²) < 4.78 is 5.79. The van der Waals surface area contributed by atoms with Crippen molar-refractivity contribution in [1.82, 2.24) is 9.80 Å². The Labute approximate surface area is 179 Å². The first-order valence-electron chi connectivity index (χ1n) is 10.1. The lowest BCUT2D eigenvalue weighted by molar-refractivity contribution is -0.384. The highest BCUT2D eigenvalue weighted by Gasteiger charge is 2.43. The van der Waals surface area contributed by atoms with Crippen LogP contribution in [-0.4, -0.2) is 51.8 Å². The van der Waals surface area contributed by atoms with E-state index in [4.69, 9.17) is 4.74 Å². The van der Waals surface area contributed by atoms with Crippen LogP contribution in [0.2, 0.25) is 0 Å². The summed E-state index contributed by atoms with van der Waals surface area (Å²) in [4.78, 5) is 40.5. The van der Waals surface area contributed by atoms with Gasteiger partial charge in [-0.25, -0.2) is 0 Å². The van der Waals surface area contributed by atoms with Crippen molar-refractivity contribution in [1.29, 1.82) is 0 Å². The van der Waals surface area contributed by atoms with Crippen molar-refractivity contribution in [2.75, 3.05) is 13.1 Å². The van der Waals surface area contributed by atoms with E-state index in [0.717, 1.165) is 5.56 Å². The minimum absolute atomic E-state index is 0.0718. The second-order valence-electron chi connectivity index (χ2n) is 7.87. The quantitative estimate of drug-likeness (QED) is 0.419. The van der Waals surface area contributed by atoms with E-state index in [1.54, 1.807) is 0 Å².